The van der Waals surface area contributed by atoms with Gasteiger partial charge in [-0.3, -0.25) is 9.78 Å². The Morgan fingerprint density at radius 1 is 1.06 bits per heavy atom. The number of carbonyl (C=O) groups is 1. The van der Waals surface area contributed by atoms with E-state index in [1.165, 1.54) is 28.6 Å². The molecule has 0 radical (unpaired) electrons. The maximum absolute atomic E-state index is 13.0. The van der Waals surface area contributed by atoms with Crippen LogP contribution >= 0.6 is 22.6 Å². The first kappa shape index (κ1) is 23.8. The number of pyridine rings is 1. The summed E-state index contributed by atoms with van der Waals surface area (Å²) in [5.41, 5.74) is 2.74. The van der Waals surface area contributed by atoms with Crippen LogP contribution in [0.4, 0.5) is 5.69 Å². The van der Waals surface area contributed by atoms with Gasteiger partial charge in [-0.15, -0.1) is 0 Å². The van der Waals surface area contributed by atoms with E-state index in [1.54, 1.807) is 6.20 Å². The van der Waals surface area contributed by atoms with Crippen molar-refractivity contribution in [1.29, 1.82) is 0 Å². The first-order chi connectivity index (χ1) is 15.7. The van der Waals surface area contributed by atoms with Crippen molar-refractivity contribution in [3.8, 4) is 11.3 Å². The number of sulfonamides is 1. The smallest absolute Gasteiger partial charge is 0.255 e. The fourth-order valence-electron chi connectivity index (χ4n) is 3.78. The number of morpholine rings is 1. The number of benzene rings is 2. The zero-order valence-electron chi connectivity index (χ0n) is 18.2. The predicted molar refractivity (Wildman–Crippen MR) is 136 cm³/mol. The minimum absolute atomic E-state index is 0.159. The Kier molecular flexibility index (Phi) is 7.13. The van der Waals surface area contributed by atoms with Crippen molar-refractivity contribution < 1.29 is 17.9 Å². The van der Waals surface area contributed by atoms with Gasteiger partial charge in [0.25, 0.3) is 5.91 Å². The Morgan fingerprint density at radius 2 is 1.76 bits per heavy atom. The van der Waals surface area contributed by atoms with Crippen molar-refractivity contribution in [3.63, 3.8) is 0 Å². The van der Waals surface area contributed by atoms with Crippen LogP contribution in [-0.4, -0.2) is 48.9 Å². The number of ether oxygens (including phenoxy) is 1. The van der Waals surface area contributed by atoms with E-state index in [-0.39, 0.29) is 23.0 Å². The number of nitrogens with zero attached hydrogens (tertiary/aromatic N) is 2. The fraction of sp³-hybridized carbons (Fsp3) is 0.250. The molecule has 1 aliphatic heterocycles. The Morgan fingerprint density at radius 3 is 2.39 bits per heavy atom. The summed E-state index contributed by atoms with van der Waals surface area (Å²) in [6.07, 6.45) is 1.39. The van der Waals surface area contributed by atoms with Crippen LogP contribution in [0, 0.1) is 3.57 Å². The molecular weight excluding hydrogens is 553 g/mol. The Labute approximate surface area is 207 Å². The number of carbonyl (C=O) groups excluding carboxylic acids is 1. The average molecular weight is 577 g/mol. The average Bonchev–Trinajstić information content (AvgIpc) is 2.80. The molecule has 1 N–H and O–H groups in total. The molecule has 1 aliphatic rings. The van der Waals surface area contributed by atoms with Gasteiger partial charge in [-0.1, -0.05) is 6.07 Å². The third-order valence-corrected chi connectivity index (χ3v) is 8.09. The van der Waals surface area contributed by atoms with Gasteiger partial charge in [-0.25, -0.2) is 8.42 Å². The number of hydrogen-bond donors (Lipinski definition) is 1. The zero-order chi connectivity index (χ0) is 23.6. The van der Waals surface area contributed by atoms with Crippen LogP contribution in [0.25, 0.3) is 11.3 Å². The van der Waals surface area contributed by atoms with Crippen LogP contribution in [0.2, 0.25) is 0 Å². The Bertz CT molecular complexity index is 1240. The van der Waals surface area contributed by atoms with Crippen LogP contribution in [0.3, 0.4) is 0 Å². The lowest BCUT2D eigenvalue weighted by atomic mass is 10.1. The molecule has 1 amide bonds. The largest absolute Gasteiger partial charge is 0.373 e. The van der Waals surface area contributed by atoms with Crippen molar-refractivity contribution in [3.05, 3.63) is 76.0 Å². The molecule has 2 heterocycles. The van der Waals surface area contributed by atoms with Crippen LogP contribution in [0.1, 0.15) is 24.2 Å². The van der Waals surface area contributed by atoms with Crippen molar-refractivity contribution in [2.45, 2.75) is 31.0 Å². The summed E-state index contributed by atoms with van der Waals surface area (Å²) in [5, 5.41) is 2.88. The first-order valence-corrected chi connectivity index (χ1v) is 13.0. The summed E-state index contributed by atoms with van der Waals surface area (Å²) in [5.74, 6) is -0.319. The summed E-state index contributed by atoms with van der Waals surface area (Å²) in [7, 11) is -3.66. The van der Waals surface area contributed by atoms with E-state index in [1.807, 2.05) is 50.2 Å². The lowest BCUT2D eigenvalue weighted by Crippen LogP contribution is -2.48. The SMILES string of the molecule is CC1CN(S(=O)(=O)c2ccc(C(=O)Nc3ccc(I)c(-c4ccccn4)c3)cc2)CC(C)O1. The first-order valence-electron chi connectivity index (χ1n) is 10.5. The lowest BCUT2D eigenvalue weighted by Gasteiger charge is -2.34. The number of aromatic nitrogens is 1. The zero-order valence-corrected chi connectivity index (χ0v) is 21.2. The number of anilines is 1. The minimum Gasteiger partial charge on any atom is -0.373 e. The highest BCUT2D eigenvalue weighted by atomic mass is 127. The van der Waals surface area contributed by atoms with Crippen LogP contribution < -0.4 is 5.32 Å². The maximum Gasteiger partial charge on any atom is 0.255 e. The van der Waals surface area contributed by atoms with Gasteiger partial charge < -0.3 is 10.1 Å². The van der Waals surface area contributed by atoms with Gasteiger partial charge in [0.15, 0.2) is 0 Å². The number of hydrogen-bond acceptors (Lipinski definition) is 5. The second-order valence-corrected chi connectivity index (χ2v) is 11.1. The van der Waals surface area contributed by atoms with Crippen molar-refractivity contribution in [2.75, 3.05) is 18.4 Å². The highest BCUT2D eigenvalue weighted by Crippen LogP contribution is 2.27. The highest BCUT2D eigenvalue weighted by Gasteiger charge is 2.32. The molecule has 1 aromatic heterocycles. The van der Waals surface area contributed by atoms with Gasteiger partial charge in [-0.05, 0) is 91.0 Å². The molecule has 1 fully saturated rings. The molecule has 2 unspecified atom stereocenters. The molecule has 2 atom stereocenters. The standard InChI is InChI=1S/C24H24IN3O4S/c1-16-14-28(15-17(2)32-16)33(30,31)20-9-6-18(7-10-20)24(29)27-19-8-11-22(25)21(13-19)23-5-3-4-12-26-23/h3-13,16-17H,14-15H2,1-2H3,(H,27,29). The van der Waals surface area contributed by atoms with Gasteiger partial charge >= 0.3 is 0 Å². The normalized spacial score (nSPS) is 19.2. The predicted octanol–water partition coefficient (Wildman–Crippen LogP) is 4.40. The van der Waals surface area contributed by atoms with E-state index in [4.69, 9.17) is 4.74 Å². The van der Waals surface area contributed by atoms with Crippen LogP contribution in [0.5, 0.6) is 0 Å². The van der Waals surface area contributed by atoms with Crippen molar-refractivity contribution in [2.24, 2.45) is 0 Å². The van der Waals surface area contributed by atoms with Crippen molar-refractivity contribution in [1.82, 2.24) is 9.29 Å². The fourth-order valence-corrected chi connectivity index (χ4v) is 5.98. The lowest BCUT2D eigenvalue weighted by molar-refractivity contribution is -0.0440. The second kappa shape index (κ2) is 9.88. The third-order valence-electron chi connectivity index (χ3n) is 5.31. The van der Waals surface area contributed by atoms with Gasteiger partial charge in [-0.2, -0.15) is 4.31 Å². The van der Waals surface area contributed by atoms with E-state index in [2.05, 4.69) is 32.9 Å². The summed E-state index contributed by atoms with van der Waals surface area (Å²) in [6.45, 7) is 4.33. The molecule has 0 saturated carbocycles. The molecule has 9 heteroatoms. The van der Waals surface area contributed by atoms with Crippen LogP contribution in [0.15, 0.2) is 71.8 Å². The molecule has 3 aromatic rings. The second-order valence-electron chi connectivity index (χ2n) is 7.97. The van der Waals surface area contributed by atoms with Crippen molar-refractivity contribution >= 4 is 44.2 Å². The van der Waals surface area contributed by atoms with E-state index < -0.39 is 10.0 Å². The number of halogens is 1. The molecule has 0 spiro atoms. The minimum atomic E-state index is -3.66. The Hall–Kier alpha value is -2.34. The molecule has 172 valence electrons. The van der Waals surface area contributed by atoms with Gasteiger partial charge in [0.05, 0.1) is 22.8 Å². The number of amides is 1. The molecule has 1 saturated heterocycles. The molecule has 7 nitrogen and oxygen atoms in total. The van der Waals surface area contributed by atoms with Gasteiger partial charge in [0.1, 0.15) is 0 Å². The van der Waals surface area contributed by atoms with Crippen LogP contribution in [-0.2, 0) is 14.8 Å². The van der Waals surface area contributed by atoms with E-state index in [9.17, 15) is 13.2 Å². The van der Waals surface area contributed by atoms with E-state index in [0.29, 0.717) is 24.3 Å². The van der Waals surface area contributed by atoms with E-state index in [0.717, 1.165) is 14.8 Å². The molecule has 4 rings (SSSR count). The number of rotatable bonds is 5. The van der Waals surface area contributed by atoms with Gasteiger partial charge in [0, 0.05) is 39.7 Å². The van der Waals surface area contributed by atoms with Gasteiger partial charge in [0.2, 0.25) is 10.0 Å². The molecule has 0 bridgehead atoms. The molecule has 2 aromatic carbocycles. The number of nitrogens with one attached hydrogen (secondary N) is 1. The summed E-state index contributed by atoms with van der Waals surface area (Å²) in [4.78, 5) is 17.3. The maximum atomic E-state index is 13.0. The monoisotopic (exact) mass is 577 g/mol. The Balaban J connectivity index is 1.50. The molecular formula is C24H24IN3O4S. The third kappa shape index (κ3) is 5.43. The summed E-state index contributed by atoms with van der Waals surface area (Å²) < 4.78 is 34.1. The summed E-state index contributed by atoms with van der Waals surface area (Å²) >= 11 is 2.24. The van der Waals surface area contributed by atoms with E-state index >= 15 is 0 Å². The highest BCUT2D eigenvalue weighted by molar-refractivity contribution is 14.1. The topological polar surface area (TPSA) is 88.6 Å². The quantitative estimate of drug-likeness (QED) is 0.455. The molecule has 0 aliphatic carbocycles. The summed E-state index contributed by atoms with van der Waals surface area (Å²) in [6, 6.07) is 17.3. The molecule has 33 heavy (non-hydrogen) atoms.